The van der Waals surface area contributed by atoms with Gasteiger partial charge in [-0.1, -0.05) is 0 Å². The van der Waals surface area contributed by atoms with Gasteiger partial charge in [0.2, 0.25) is 0 Å². The van der Waals surface area contributed by atoms with Crippen LogP contribution in [-0.2, 0) is 6.42 Å². The van der Waals surface area contributed by atoms with Gasteiger partial charge in [-0.25, -0.2) is 10.1 Å². The lowest BCUT2D eigenvalue weighted by Crippen LogP contribution is -2.46. The molecule has 1 radical (unpaired) electrons. The zero-order valence-corrected chi connectivity index (χ0v) is 10.5. The average molecular weight is 250 g/mol. The lowest BCUT2D eigenvalue weighted by Gasteiger charge is -2.33. The largest absolute Gasteiger partial charge is 0.322 e. The number of hydrogen-bond acceptors (Lipinski definition) is 2. The minimum absolute atomic E-state index is 0.0639. The van der Waals surface area contributed by atoms with E-state index in [1.165, 1.54) is 5.56 Å². The normalized spacial score (nSPS) is 21.9. The Balaban J connectivity index is 1.75. The van der Waals surface area contributed by atoms with E-state index in [4.69, 9.17) is 0 Å². The average Bonchev–Trinajstić information content (AvgIpc) is 2.72. The van der Waals surface area contributed by atoms with Gasteiger partial charge in [-0.2, -0.15) is 0 Å². The van der Waals surface area contributed by atoms with Gasteiger partial charge in [-0.3, -0.25) is 0 Å². The Bertz CT molecular complexity index is 412. The quantitative estimate of drug-likeness (QED) is 0.813. The van der Waals surface area contributed by atoms with E-state index in [-0.39, 0.29) is 6.03 Å². The minimum Gasteiger partial charge on any atom is -0.321 e. The van der Waals surface area contributed by atoms with Crippen LogP contribution in [-0.4, -0.2) is 36.6 Å². The molecule has 0 bridgehead atoms. The van der Waals surface area contributed by atoms with Crippen molar-refractivity contribution in [3.05, 3.63) is 16.3 Å². The first kappa shape index (κ1) is 11.0. The summed E-state index contributed by atoms with van der Waals surface area (Å²) in [7, 11) is 0. The Labute approximate surface area is 105 Å². The summed E-state index contributed by atoms with van der Waals surface area (Å²) in [5, 5.41) is 11.5. The Morgan fingerprint density at radius 2 is 2.18 bits per heavy atom. The highest BCUT2D eigenvalue weighted by Gasteiger charge is 2.28. The summed E-state index contributed by atoms with van der Waals surface area (Å²) in [5.41, 5.74) is 2.27. The molecule has 5 heteroatoms. The first-order valence-corrected chi connectivity index (χ1v) is 7.05. The van der Waals surface area contributed by atoms with Gasteiger partial charge in [0, 0.05) is 31.1 Å². The molecule has 1 N–H and O–H groups in total. The van der Waals surface area contributed by atoms with E-state index in [1.807, 2.05) is 10.3 Å². The molecule has 1 fully saturated rings. The lowest BCUT2D eigenvalue weighted by atomic mass is 10.0. The number of thiophene rings is 1. The second-order valence-corrected chi connectivity index (χ2v) is 5.33. The Morgan fingerprint density at radius 1 is 1.35 bits per heavy atom. The number of nitrogens with one attached hydrogen (secondary N) is 1. The fourth-order valence-corrected chi connectivity index (χ4v) is 3.38. The van der Waals surface area contributed by atoms with Gasteiger partial charge in [0.15, 0.2) is 0 Å². The van der Waals surface area contributed by atoms with Crippen LogP contribution in [0.25, 0.3) is 0 Å². The van der Waals surface area contributed by atoms with Crippen LogP contribution in [0.1, 0.15) is 18.4 Å². The fraction of sp³-hybridized carbons (Fsp3) is 0.583. The zero-order chi connectivity index (χ0) is 11.7. The molecule has 3 rings (SSSR count). The maximum absolute atomic E-state index is 12.2. The summed E-state index contributed by atoms with van der Waals surface area (Å²) in [4.78, 5) is 14.2. The Kier molecular flexibility index (Phi) is 3.03. The molecule has 0 atom stereocenters. The van der Waals surface area contributed by atoms with Crippen LogP contribution in [0.2, 0.25) is 0 Å². The van der Waals surface area contributed by atoms with E-state index < -0.39 is 0 Å². The van der Waals surface area contributed by atoms with Crippen LogP contribution < -0.4 is 10.6 Å². The molecule has 91 valence electrons. The number of carbonyl (C=O) groups excluding carboxylic acids is 1. The van der Waals surface area contributed by atoms with Crippen LogP contribution >= 0.6 is 11.3 Å². The van der Waals surface area contributed by atoms with Crippen molar-refractivity contribution in [1.29, 1.82) is 0 Å². The topological polar surface area (TPSA) is 46.4 Å². The van der Waals surface area contributed by atoms with Gasteiger partial charge in [-0.05, 0) is 30.2 Å². The number of anilines is 1. The maximum Gasteiger partial charge on any atom is 0.322 e. The van der Waals surface area contributed by atoms with Crippen molar-refractivity contribution < 1.29 is 4.79 Å². The lowest BCUT2D eigenvalue weighted by molar-refractivity contribution is 0.172. The van der Waals surface area contributed by atoms with Crippen LogP contribution in [0.5, 0.6) is 0 Å². The van der Waals surface area contributed by atoms with E-state index in [0.29, 0.717) is 6.04 Å². The van der Waals surface area contributed by atoms with Crippen molar-refractivity contribution in [1.82, 2.24) is 10.2 Å². The molecule has 3 heterocycles. The summed E-state index contributed by atoms with van der Waals surface area (Å²) in [6, 6.07) is 0.439. The van der Waals surface area contributed by atoms with Gasteiger partial charge >= 0.3 is 6.03 Å². The molecule has 2 aliphatic rings. The molecule has 1 saturated heterocycles. The summed E-state index contributed by atoms with van der Waals surface area (Å²) in [6.45, 7) is 2.63. The van der Waals surface area contributed by atoms with Gasteiger partial charge in [-0.15, -0.1) is 11.3 Å². The van der Waals surface area contributed by atoms with Crippen molar-refractivity contribution in [3.63, 3.8) is 0 Å². The van der Waals surface area contributed by atoms with Crippen LogP contribution in [0, 0.1) is 0 Å². The summed E-state index contributed by atoms with van der Waals surface area (Å²) >= 11 is 1.66. The molecule has 0 aromatic carbocycles. The van der Waals surface area contributed by atoms with Crippen molar-refractivity contribution in [2.75, 3.05) is 25.0 Å². The van der Waals surface area contributed by atoms with Gasteiger partial charge < -0.3 is 10.2 Å². The highest BCUT2D eigenvalue weighted by atomic mass is 32.1. The van der Waals surface area contributed by atoms with Crippen molar-refractivity contribution in [3.8, 4) is 0 Å². The number of hydrogen-bond donors (Lipinski definition) is 1. The number of nitrogens with zero attached hydrogens (tertiary/aromatic N) is 2. The smallest absolute Gasteiger partial charge is 0.321 e. The van der Waals surface area contributed by atoms with E-state index in [0.717, 1.165) is 44.6 Å². The van der Waals surface area contributed by atoms with E-state index in [9.17, 15) is 4.79 Å². The third-order valence-corrected chi connectivity index (χ3v) is 4.34. The number of carbonyl (C=O) groups is 1. The molecule has 0 spiro atoms. The number of piperidine rings is 1. The monoisotopic (exact) mass is 250 g/mol. The van der Waals surface area contributed by atoms with Gasteiger partial charge in [0.05, 0.1) is 5.69 Å². The minimum atomic E-state index is 0.0639. The third kappa shape index (κ3) is 2.17. The van der Waals surface area contributed by atoms with Crippen molar-refractivity contribution >= 4 is 23.1 Å². The first-order chi connectivity index (χ1) is 8.34. The predicted molar refractivity (Wildman–Crippen MR) is 68.6 cm³/mol. The number of urea groups is 1. The molecular formula is C12H16N3OS. The van der Waals surface area contributed by atoms with Crippen molar-refractivity contribution in [2.45, 2.75) is 25.3 Å². The predicted octanol–water partition coefficient (Wildman–Crippen LogP) is 1.90. The molecule has 2 amide bonds. The SMILES string of the molecule is O=C1Nc2cscc2CCN1C1CC[N]CC1. The molecule has 0 unspecified atom stereocenters. The molecule has 0 aliphatic carbocycles. The van der Waals surface area contributed by atoms with E-state index in [2.05, 4.69) is 16.0 Å². The third-order valence-electron chi connectivity index (χ3n) is 3.55. The highest BCUT2D eigenvalue weighted by molar-refractivity contribution is 7.08. The second-order valence-electron chi connectivity index (χ2n) is 4.59. The Morgan fingerprint density at radius 3 is 3.00 bits per heavy atom. The molecule has 4 nitrogen and oxygen atoms in total. The number of fused-ring (bicyclic) bond motifs is 1. The summed E-state index contributed by atoms with van der Waals surface area (Å²) in [6.07, 6.45) is 2.99. The number of rotatable bonds is 1. The molecule has 0 saturated carbocycles. The molecule has 1 aromatic rings. The van der Waals surface area contributed by atoms with Crippen LogP contribution in [0.3, 0.4) is 0 Å². The standard InChI is InChI=1S/C12H16N3OS/c16-12-14-11-8-17-7-9(11)3-6-15(12)10-1-4-13-5-2-10/h7-8,10H,1-6H2,(H,14,16). The first-order valence-electron chi connectivity index (χ1n) is 6.10. The van der Waals surface area contributed by atoms with Gasteiger partial charge in [0.1, 0.15) is 0 Å². The summed E-state index contributed by atoms with van der Waals surface area (Å²) < 4.78 is 0. The van der Waals surface area contributed by atoms with Crippen LogP contribution in [0.15, 0.2) is 10.8 Å². The maximum atomic E-state index is 12.2. The molecule has 17 heavy (non-hydrogen) atoms. The summed E-state index contributed by atoms with van der Waals surface area (Å²) in [5.74, 6) is 0. The zero-order valence-electron chi connectivity index (χ0n) is 9.69. The van der Waals surface area contributed by atoms with Gasteiger partial charge in [0.25, 0.3) is 0 Å². The molecule has 2 aliphatic heterocycles. The molecular weight excluding hydrogens is 234 g/mol. The highest BCUT2D eigenvalue weighted by Crippen LogP contribution is 2.26. The van der Waals surface area contributed by atoms with E-state index in [1.54, 1.807) is 11.3 Å². The fourth-order valence-electron chi connectivity index (χ4n) is 2.55. The number of amides is 2. The Hall–Kier alpha value is -1.07. The van der Waals surface area contributed by atoms with Crippen LogP contribution in [0.4, 0.5) is 10.5 Å². The second kappa shape index (κ2) is 4.66. The molecule has 1 aromatic heterocycles. The van der Waals surface area contributed by atoms with Crippen molar-refractivity contribution in [2.24, 2.45) is 0 Å². The van der Waals surface area contributed by atoms with E-state index >= 15 is 0 Å².